The number of carbonyl (C=O) groups is 2. The first-order valence-corrected chi connectivity index (χ1v) is 10.9. The summed E-state index contributed by atoms with van der Waals surface area (Å²) in [5, 5.41) is 0.349. The van der Waals surface area contributed by atoms with Crippen LogP contribution in [0.4, 0.5) is 25.1 Å². The summed E-state index contributed by atoms with van der Waals surface area (Å²) in [6, 6.07) is 11.7. The second-order valence-electron chi connectivity index (χ2n) is 8.03. The van der Waals surface area contributed by atoms with Gasteiger partial charge in [-0.15, -0.1) is 0 Å². The average Bonchev–Trinajstić information content (AvgIpc) is 2.79. The normalized spacial score (nSPS) is 11.9. The number of rotatable bonds is 7. The molecule has 0 saturated carbocycles. The third-order valence-corrected chi connectivity index (χ3v) is 5.82. The molecule has 9 heteroatoms. The van der Waals surface area contributed by atoms with Gasteiger partial charge in [0, 0.05) is 16.1 Å². The summed E-state index contributed by atoms with van der Waals surface area (Å²) >= 11 is 6.39. The van der Waals surface area contributed by atoms with E-state index in [0.717, 1.165) is 12.1 Å². The van der Waals surface area contributed by atoms with Gasteiger partial charge in [-0.1, -0.05) is 56.6 Å². The van der Waals surface area contributed by atoms with Crippen LogP contribution in [0, 0.1) is 23.5 Å². The largest absolute Gasteiger partial charge is 0.461 e. The van der Waals surface area contributed by atoms with Crippen molar-refractivity contribution in [1.29, 1.82) is 0 Å². The van der Waals surface area contributed by atoms with Crippen LogP contribution in [0.2, 0.25) is 5.02 Å². The van der Waals surface area contributed by atoms with Crippen LogP contribution in [0.25, 0.3) is 11.3 Å². The van der Waals surface area contributed by atoms with Crippen molar-refractivity contribution >= 4 is 35.1 Å². The standard InChI is InChI=1S/C25H24ClF2N3O3/c1-14(2)15(3)24(32)34-13-17-16(7-4-8-18(17)26)21-11-6-12-22(30-21)31(25(29)33)23-19(27)9-5-10-20(23)28/h4-12,14-15H,13H2,1-3H3,(H2,29,33). The van der Waals surface area contributed by atoms with Gasteiger partial charge in [-0.05, 0) is 36.2 Å². The molecule has 34 heavy (non-hydrogen) atoms. The molecule has 6 nitrogen and oxygen atoms in total. The number of anilines is 2. The van der Waals surface area contributed by atoms with Gasteiger partial charge in [0.25, 0.3) is 0 Å². The Hall–Kier alpha value is -3.52. The predicted octanol–water partition coefficient (Wildman–Crippen LogP) is 6.23. The number of pyridine rings is 1. The van der Waals surface area contributed by atoms with Crippen LogP contribution >= 0.6 is 11.6 Å². The first-order chi connectivity index (χ1) is 16.1. The maximum Gasteiger partial charge on any atom is 0.325 e. The lowest BCUT2D eigenvalue weighted by molar-refractivity contribution is -0.150. The SMILES string of the molecule is CC(C)C(C)C(=O)OCc1c(Cl)cccc1-c1cccc(N(C(N)=O)c2c(F)cccc2F)n1. The zero-order chi connectivity index (χ0) is 25.0. The monoisotopic (exact) mass is 487 g/mol. The van der Waals surface area contributed by atoms with Crippen LogP contribution in [0.3, 0.4) is 0 Å². The first kappa shape index (κ1) is 25.1. The van der Waals surface area contributed by atoms with Crippen LogP contribution < -0.4 is 10.6 Å². The van der Waals surface area contributed by atoms with E-state index in [1.807, 2.05) is 13.8 Å². The molecule has 1 heterocycles. The van der Waals surface area contributed by atoms with Gasteiger partial charge < -0.3 is 10.5 Å². The van der Waals surface area contributed by atoms with Crippen molar-refractivity contribution in [1.82, 2.24) is 4.98 Å². The number of primary amides is 1. The highest BCUT2D eigenvalue weighted by Gasteiger charge is 2.25. The molecule has 0 aliphatic heterocycles. The highest BCUT2D eigenvalue weighted by atomic mass is 35.5. The highest BCUT2D eigenvalue weighted by molar-refractivity contribution is 6.31. The Balaban J connectivity index is 2.02. The Morgan fingerprint density at radius 3 is 2.26 bits per heavy atom. The molecular weight excluding hydrogens is 464 g/mol. The van der Waals surface area contributed by atoms with E-state index in [1.54, 1.807) is 37.3 Å². The van der Waals surface area contributed by atoms with Gasteiger partial charge in [-0.25, -0.2) is 23.5 Å². The number of esters is 1. The number of benzene rings is 2. The Morgan fingerprint density at radius 2 is 1.65 bits per heavy atom. The van der Waals surface area contributed by atoms with Crippen LogP contribution in [-0.4, -0.2) is 17.0 Å². The molecule has 178 valence electrons. The average molecular weight is 488 g/mol. The molecule has 0 fully saturated rings. The fourth-order valence-corrected chi connectivity index (χ4v) is 3.46. The van der Waals surface area contributed by atoms with Gasteiger partial charge in [-0.3, -0.25) is 4.79 Å². The summed E-state index contributed by atoms with van der Waals surface area (Å²) in [6.45, 7) is 5.53. The van der Waals surface area contributed by atoms with Gasteiger partial charge in [0.15, 0.2) is 0 Å². The Kier molecular flexibility index (Phi) is 7.83. The van der Waals surface area contributed by atoms with E-state index in [0.29, 0.717) is 26.7 Å². The number of nitrogens with zero attached hydrogens (tertiary/aromatic N) is 2. The third-order valence-electron chi connectivity index (χ3n) is 5.47. The van der Waals surface area contributed by atoms with Gasteiger partial charge in [0.2, 0.25) is 0 Å². The molecule has 3 rings (SSSR count). The summed E-state index contributed by atoms with van der Waals surface area (Å²) in [4.78, 5) is 29.6. The van der Waals surface area contributed by atoms with Crippen molar-refractivity contribution < 1.29 is 23.1 Å². The summed E-state index contributed by atoms with van der Waals surface area (Å²) in [7, 11) is 0. The maximum absolute atomic E-state index is 14.4. The lowest BCUT2D eigenvalue weighted by Crippen LogP contribution is -2.33. The number of urea groups is 1. The fraction of sp³-hybridized carbons (Fsp3) is 0.240. The molecule has 1 unspecified atom stereocenters. The van der Waals surface area contributed by atoms with E-state index >= 15 is 0 Å². The molecule has 0 spiro atoms. The van der Waals surface area contributed by atoms with Crippen molar-refractivity contribution in [2.75, 3.05) is 4.90 Å². The number of hydrogen-bond donors (Lipinski definition) is 1. The van der Waals surface area contributed by atoms with E-state index < -0.39 is 23.4 Å². The lowest BCUT2D eigenvalue weighted by Gasteiger charge is -2.21. The van der Waals surface area contributed by atoms with Gasteiger partial charge in [0.05, 0.1) is 11.6 Å². The molecule has 2 N–H and O–H groups in total. The fourth-order valence-electron chi connectivity index (χ4n) is 3.23. The molecule has 2 aromatic carbocycles. The second kappa shape index (κ2) is 10.6. The summed E-state index contributed by atoms with van der Waals surface area (Å²) in [5.74, 6) is -2.59. The topological polar surface area (TPSA) is 85.5 Å². The molecule has 3 aromatic rings. The molecule has 0 bridgehead atoms. The molecule has 1 atom stereocenters. The number of aromatic nitrogens is 1. The molecule has 0 saturated heterocycles. The molecule has 1 aromatic heterocycles. The van der Waals surface area contributed by atoms with Gasteiger partial charge in [0.1, 0.15) is 29.7 Å². The van der Waals surface area contributed by atoms with E-state index in [2.05, 4.69) is 4.98 Å². The third kappa shape index (κ3) is 5.34. The number of amides is 2. The van der Waals surface area contributed by atoms with Crippen LogP contribution in [-0.2, 0) is 16.1 Å². The molecular formula is C25H24ClF2N3O3. The Labute approximate surface area is 201 Å². The minimum atomic E-state index is -1.11. The second-order valence-corrected chi connectivity index (χ2v) is 8.44. The Bertz CT molecular complexity index is 1200. The zero-order valence-corrected chi connectivity index (χ0v) is 19.6. The quantitative estimate of drug-likeness (QED) is 0.400. The van der Waals surface area contributed by atoms with Gasteiger partial charge in [-0.2, -0.15) is 0 Å². The Morgan fingerprint density at radius 1 is 1.03 bits per heavy atom. The number of para-hydroxylation sites is 1. The van der Waals surface area contributed by atoms with Crippen LogP contribution in [0.1, 0.15) is 26.3 Å². The van der Waals surface area contributed by atoms with Crippen LogP contribution in [0.5, 0.6) is 0 Å². The smallest absolute Gasteiger partial charge is 0.325 e. The van der Waals surface area contributed by atoms with E-state index in [9.17, 15) is 18.4 Å². The van der Waals surface area contributed by atoms with E-state index in [4.69, 9.17) is 22.1 Å². The van der Waals surface area contributed by atoms with Crippen LogP contribution in [0.15, 0.2) is 54.6 Å². The molecule has 0 aliphatic rings. The van der Waals surface area contributed by atoms with Crippen molar-refractivity contribution in [3.8, 4) is 11.3 Å². The number of halogens is 3. The van der Waals surface area contributed by atoms with E-state index in [-0.39, 0.29) is 30.2 Å². The number of hydrogen-bond acceptors (Lipinski definition) is 4. The van der Waals surface area contributed by atoms with Crippen molar-refractivity contribution in [3.63, 3.8) is 0 Å². The zero-order valence-electron chi connectivity index (χ0n) is 18.9. The summed E-state index contributed by atoms with van der Waals surface area (Å²) < 4.78 is 34.3. The number of carbonyl (C=O) groups excluding carboxylic acids is 2. The summed E-state index contributed by atoms with van der Waals surface area (Å²) in [6.07, 6.45) is 0. The van der Waals surface area contributed by atoms with E-state index in [1.165, 1.54) is 12.1 Å². The van der Waals surface area contributed by atoms with Crippen molar-refractivity contribution in [2.45, 2.75) is 27.4 Å². The number of ether oxygens (including phenoxy) is 1. The van der Waals surface area contributed by atoms with Crippen molar-refractivity contribution in [3.05, 3.63) is 76.8 Å². The number of nitrogens with two attached hydrogens (primary N) is 1. The minimum Gasteiger partial charge on any atom is -0.461 e. The van der Waals surface area contributed by atoms with Crippen molar-refractivity contribution in [2.24, 2.45) is 17.6 Å². The molecule has 2 amide bonds. The summed E-state index contributed by atoms with van der Waals surface area (Å²) in [5.41, 5.74) is 6.18. The molecule has 0 radical (unpaired) electrons. The predicted molar refractivity (Wildman–Crippen MR) is 127 cm³/mol. The maximum atomic E-state index is 14.4. The van der Waals surface area contributed by atoms with Gasteiger partial charge >= 0.3 is 12.0 Å². The first-order valence-electron chi connectivity index (χ1n) is 10.6. The lowest BCUT2D eigenvalue weighted by atomic mass is 9.98. The minimum absolute atomic E-state index is 0.0923. The highest BCUT2D eigenvalue weighted by Crippen LogP contribution is 2.33. The molecule has 0 aliphatic carbocycles.